The van der Waals surface area contributed by atoms with Gasteiger partial charge in [0, 0.05) is 43.6 Å². The third-order valence-electron chi connectivity index (χ3n) is 6.25. The molecule has 0 spiro atoms. The summed E-state index contributed by atoms with van der Waals surface area (Å²) in [6, 6.07) is 26.5. The number of ether oxygens (including phenoxy) is 1. The average Bonchev–Trinajstić information content (AvgIpc) is 3.36. The van der Waals surface area contributed by atoms with Crippen LogP contribution in [0.15, 0.2) is 102 Å². The molecule has 5 rings (SSSR count). The molecule has 0 saturated heterocycles. The van der Waals surface area contributed by atoms with Crippen molar-refractivity contribution in [3.05, 3.63) is 120 Å². The van der Waals surface area contributed by atoms with E-state index in [4.69, 9.17) is 9.73 Å². The minimum Gasteiger partial charge on any atom is -0.361 e. The van der Waals surface area contributed by atoms with Crippen molar-refractivity contribution in [2.45, 2.75) is 32.4 Å². The minimum atomic E-state index is -1.16. The molecule has 8 heteroatoms. The fourth-order valence-electron chi connectivity index (χ4n) is 4.04. The number of hydrogen-bond acceptors (Lipinski definition) is 6. The van der Waals surface area contributed by atoms with Crippen LogP contribution < -0.4 is 0 Å². The number of fused-ring (bicyclic) bond motifs is 1. The van der Waals surface area contributed by atoms with Crippen LogP contribution in [0.3, 0.4) is 0 Å². The molecule has 0 aliphatic carbocycles. The van der Waals surface area contributed by atoms with Crippen molar-refractivity contribution in [2.24, 2.45) is 4.99 Å². The summed E-state index contributed by atoms with van der Waals surface area (Å²) in [5, 5.41) is 0.854. The summed E-state index contributed by atoms with van der Waals surface area (Å²) >= 11 is 0. The molecule has 0 aliphatic rings. The zero-order valence-corrected chi connectivity index (χ0v) is 23.4. The van der Waals surface area contributed by atoms with Crippen LogP contribution >= 0.6 is 0 Å². The lowest BCUT2D eigenvalue weighted by molar-refractivity contribution is 0.0897. The normalized spacial score (nSPS) is 11.5. The Morgan fingerprint density at radius 3 is 2.18 bits per heavy atom. The Morgan fingerprint density at radius 1 is 0.872 bits per heavy atom. The first-order valence-corrected chi connectivity index (χ1v) is 16.7. The van der Waals surface area contributed by atoms with E-state index in [2.05, 4.69) is 34.6 Å². The van der Waals surface area contributed by atoms with Crippen LogP contribution in [0, 0.1) is 0 Å². The van der Waals surface area contributed by atoms with Gasteiger partial charge in [0.05, 0.1) is 17.6 Å². The number of hydrogen-bond donors (Lipinski definition) is 0. The Bertz CT molecular complexity index is 1550. The first-order valence-electron chi connectivity index (χ1n) is 13.0. The molecule has 3 aromatic heterocycles. The number of aromatic nitrogens is 4. The maximum Gasteiger partial charge on any atom is 0.248 e. The summed E-state index contributed by atoms with van der Waals surface area (Å²) in [4.78, 5) is 31.3. The Morgan fingerprint density at radius 2 is 1.56 bits per heavy atom. The molecule has 196 valence electrons. The summed E-state index contributed by atoms with van der Waals surface area (Å²) in [5.41, 5.74) is 4.40. The van der Waals surface area contributed by atoms with E-state index in [0.29, 0.717) is 24.7 Å². The average molecular weight is 534 g/mol. The van der Waals surface area contributed by atoms with Crippen molar-refractivity contribution in [3.8, 4) is 0 Å². The molecule has 0 amide bonds. The van der Waals surface area contributed by atoms with E-state index in [-0.39, 0.29) is 17.3 Å². The van der Waals surface area contributed by atoms with Crippen LogP contribution in [0.2, 0.25) is 25.7 Å². The van der Waals surface area contributed by atoms with Gasteiger partial charge in [-0.25, -0.2) is 15.0 Å². The molecule has 0 N–H and O–H groups in total. The highest BCUT2D eigenvalue weighted by atomic mass is 28.3. The maximum atomic E-state index is 13.2. The fourth-order valence-corrected chi connectivity index (χ4v) is 4.80. The number of carbonyl (C=O) groups is 1. The molecule has 7 nitrogen and oxygen atoms in total. The predicted octanol–water partition coefficient (Wildman–Crippen LogP) is 6.54. The Balaban J connectivity index is 1.36. The van der Waals surface area contributed by atoms with Crippen LogP contribution in [0.25, 0.3) is 11.0 Å². The highest BCUT2D eigenvalue weighted by Crippen LogP contribution is 2.19. The van der Waals surface area contributed by atoms with Gasteiger partial charge in [-0.2, -0.15) is 0 Å². The standard InChI is InChI=1S/C31H31N5O2Si/c1-39(2,3)19-18-38-22-36-17-16-25-20-33-30(35-31(25)36)29(37)27-15-14-26(21-32-27)34-28(23-10-6-4-7-11-23)24-12-8-5-9-13-24/h4-17,20-21H,18-19,22H2,1-3H3. The van der Waals surface area contributed by atoms with Gasteiger partial charge >= 0.3 is 0 Å². The number of aliphatic imine (C=N–C) groups is 1. The molecule has 0 unspecified atom stereocenters. The van der Waals surface area contributed by atoms with Crippen LogP contribution in [-0.2, 0) is 11.5 Å². The Hall–Kier alpha value is -4.27. The van der Waals surface area contributed by atoms with Crippen LogP contribution in [-0.4, -0.2) is 45.7 Å². The van der Waals surface area contributed by atoms with Crippen molar-refractivity contribution < 1.29 is 9.53 Å². The fraction of sp³-hybridized carbons (Fsp3) is 0.194. The van der Waals surface area contributed by atoms with E-state index in [0.717, 1.165) is 28.3 Å². The number of rotatable bonds is 10. The molecular formula is C31H31N5O2Si. The van der Waals surface area contributed by atoms with Gasteiger partial charge in [-0.3, -0.25) is 9.78 Å². The highest BCUT2D eigenvalue weighted by Gasteiger charge is 2.17. The number of carbonyl (C=O) groups excluding carboxylic acids is 1. The Labute approximate surface area is 229 Å². The quantitative estimate of drug-likeness (QED) is 0.0881. The smallest absolute Gasteiger partial charge is 0.248 e. The van der Waals surface area contributed by atoms with Crippen molar-refractivity contribution in [1.82, 2.24) is 19.5 Å². The molecule has 0 saturated carbocycles. The van der Waals surface area contributed by atoms with E-state index in [9.17, 15) is 4.79 Å². The predicted molar refractivity (Wildman–Crippen MR) is 157 cm³/mol. The number of nitrogens with zero attached hydrogens (tertiary/aromatic N) is 5. The van der Waals surface area contributed by atoms with Gasteiger partial charge in [0.15, 0.2) is 0 Å². The molecule has 0 fully saturated rings. The van der Waals surface area contributed by atoms with Crippen LogP contribution in [0.4, 0.5) is 5.69 Å². The van der Waals surface area contributed by atoms with Gasteiger partial charge in [-0.15, -0.1) is 0 Å². The highest BCUT2D eigenvalue weighted by molar-refractivity contribution is 6.76. The summed E-state index contributed by atoms with van der Waals surface area (Å²) in [6.45, 7) is 8.07. The lowest BCUT2D eigenvalue weighted by Gasteiger charge is -2.15. The van der Waals surface area contributed by atoms with Gasteiger partial charge in [0.1, 0.15) is 18.1 Å². The van der Waals surface area contributed by atoms with Gasteiger partial charge < -0.3 is 9.30 Å². The van der Waals surface area contributed by atoms with Crippen molar-refractivity contribution in [1.29, 1.82) is 0 Å². The molecule has 0 atom stereocenters. The molecule has 0 radical (unpaired) electrons. The van der Waals surface area contributed by atoms with E-state index in [1.165, 1.54) is 0 Å². The molecular weight excluding hydrogens is 502 g/mol. The SMILES string of the molecule is C[Si](C)(C)CCOCn1ccc2cnc(C(=O)c3ccc(N=C(c4ccccc4)c4ccccc4)cn3)nc21. The first kappa shape index (κ1) is 26.3. The topological polar surface area (TPSA) is 82.3 Å². The second-order valence-electron chi connectivity index (χ2n) is 10.5. The van der Waals surface area contributed by atoms with Gasteiger partial charge in [-0.05, 0) is 24.2 Å². The molecule has 39 heavy (non-hydrogen) atoms. The number of pyridine rings is 1. The van der Waals surface area contributed by atoms with E-state index < -0.39 is 8.07 Å². The third-order valence-corrected chi connectivity index (χ3v) is 7.95. The van der Waals surface area contributed by atoms with Crippen molar-refractivity contribution >= 4 is 36.3 Å². The van der Waals surface area contributed by atoms with Gasteiger partial charge in [0.25, 0.3) is 0 Å². The lowest BCUT2D eigenvalue weighted by Crippen LogP contribution is -2.22. The molecule has 3 heterocycles. The molecule has 5 aromatic rings. The van der Waals surface area contributed by atoms with Gasteiger partial charge in [0.2, 0.25) is 11.6 Å². The summed E-state index contributed by atoms with van der Waals surface area (Å²) in [6.07, 6.45) is 5.18. The minimum absolute atomic E-state index is 0.0996. The largest absolute Gasteiger partial charge is 0.361 e. The summed E-state index contributed by atoms with van der Waals surface area (Å²) in [5.74, 6) is -0.242. The molecule has 2 aromatic carbocycles. The maximum absolute atomic E-state index is 13.2. The third kappa shape index (κ3) is 6.60. The van der Waals surface area contributed by atoms with Gasteiger partial charge in [-0.1, -0.05) is 80.3 Å². The van der Waals surface area contributed by atoms with Crippen LogP contribution in [0.1, 0.15) is 27.4 Å². The first-order chi connectivity index (χ1) is 18.9. The monoisotopic (exact) mass is 533 g/mol. The van der Waals surface area contributed by atoms with E-state index in [1.54, 1.807) is 24.5 Å². The lowest BCUT2D eigenvalue weighted by atomic mass is 10.0. The van der Waals surface area contributed by atoms with Crippen LogP contribution in [0.5, 0.6) is 0 Å². The van der Waals surface area contributed by atoms with Crippen molar-refractivity contribution in [2.75, 3.05) is 6.61 Å². The summed E-state index contributed by atoms with van der Waals surface area (Å²) < 4.78 is 7.78. The van der Waals surface area contributed by atoms with E-state index >= 15 is 0 Å². The Kier molecular flexibility index (Phi) is 7.86. The molecule has 0 bridgehead atoms. The second-order valence-corrected chi connectivity index (χ2v) is 16.2. The number of benzene rings is 2. The van der Waals surface area contributed by atoms with Crippen molar-refractivity contribution in [3.63, 3.8) is 0 Å². The summed E-state index contributed by atoms with van der Waals surface area (Å²) in [7, 11) is -1.16. The zero-order chi connectivity index (χ0) is 27.2. The zero-order valence-electron chi connectivity index (χ0n) is 22.4. The molecule has 0 aliphatic heterocycles. The number of ketones is 1. The van der Waals surface area contributed by atoms with E-state index in [1.807, 2.05) is 77.5 Å². The second kappa shape index (κ2) is 11.6.